The summed E-state index contributed by atoms with van der Waals surface area (Å²) >= 11 is 0. The molecular weight excluding hydrogens is 272 g/mol. The van der Waals surface area contributed by atoms with Gasteiger partial charge in [-0.25, -0.2) is 0 Å². The average Bonchev–Trinajstić information content (AvgIpc) is 2.53. The van der Waals surface area contributed by atoms with Crippen LogP contribution in [0.15, 0.2) is 36.4 Å². The highest BCUT2D eigenvalue weighted by atomic mass is 16.3. The predicted octanol–water partition coefficient (Wildman–Crippen LogP) is 4.95. The van der Waals surface area contributed by atoms with Gasteiger partial charge in [-0.3, -0.25) is 0 Å². The third-order valence-electron chi connectivity index (χ3n) is 3.96. The van der Waals surface area contributed by atoms with Gasteiger partial charge in [0.2, 0.25) is 0 Å². The summed E-state index contributed by atoms with van der Waals surface area (Å²) < 4.78 is 0. The summed E-state index contributed by atoms with van der Waals surface area (Å²) in [4.78, 5) is 0. The molecule has 0 fully saturated rings. The Morgan fingerprint density at radius 3 is 2.23 bits per heavy atom. The Morgan fingerprint density at radius 1 is 0.909 bits per heavy atom. The van der Waals surface area contributed by atoms with E-state index in [1.54, 1.807) is 6.08 Å². The van der Waals surface area contributed by atoms with E-state index in [0.717, 1.165) is 18.4 Å². The molecule has 1 aromatic rings. The third kappa shape index (κ3) is 9.75. The van der Waals surface area contributed by atoms with Crippen molar-refractivity contribution in [1.82, 2.24) is 0 Å². The summed E-state index contributed by atoms with van der Waals surface area (Å²) in [6, 6.07) is 9.92. The molecule has 2 N–H and O–H groups in total. The van der Waals surface area contributed by atoms with Crippen molar-refractivity contribution in [3.05, 3.63) is 42.0 Å². The van der Waals surface area contributed by atoms with E-state index < -0.39 is 12.2 Å². The first-order chi connectivity index (χ1) is 10.7. The summed E-state index contributed by atoms with van der Waals surface area (Å²) in [6.07, 6.45) is 12.7. The molecule has 2 atom stereocenters. The van der Waals surface area contributed by atoms with Crippen molar-refractivity contribution < 1.29 is 10.2 Å². The number of benzene rings is 1. The standard InChI is InChI=1S/C20H32O2/c1-2-3-4-5-6-7-11-14-19(21)17-20(22)16-15-18-12-9-8-10-13-18/h8-10,12-13,15-16,19-22H,2-7,11,14,17H2,1H3/b16-15+/t19-,20?/m1/s1. The lowest BCUT2D eigenvalue weighted by atomic mass is 10.0. The van der Waals surface area contributed by atoms with E-state index in [-0.39, 0.29) is 0 Å². The van der Waals surface area contributed by atoms with Gasteiger partial charge in [0.15, 0.2) is 0 Å². The summed E-state index contributed by atoms with van der Waals surface area (Å²) in [5.74, 6) is 0. The fourth-order valence-electron chi connectivity index (χ4n) is 2.60. The summed E-state index contributed by atoms with van der Waals surface area (Å²) in [6.45, 7) is 2.23. The number of unbranched alkanes of at least 4 members (excludes halogenated alkanes) is 6. The lowest BCUT2D eigenvalue weighted by molar-refractivity contribution is 0.0960. The molecule has 2 heteroatoms. The highest BCUT2D eigenvalue weighted by Gasteiger charge is 2.09. The molecule has 0 radical (unpaired) electrons. The van der Waals surface area contributed by atoms with Crippen LogP contribution < -0.4 is 0 Å². The van der Waals surface area contributed by atoms with E-state index in [0.29, 0.717) is 6.42 Å². The Kier molecular flexibility index (Phi) is 10.7. The van der Waals surface area contributed by atoms with Crippen LogP contribution in [0.4, 0.5) is 0 Å². The van der Waals surface area contributed by atoms with Crippen LogP contribution in [0.2, 0.25) is 0 Å². The molecule has 0 heterocycles. The molecule has 124 valence electrons. The Balaban J connectivity index is 2.08. The van der Waals surface area contributed by atoms with Crippen molar-refractivity contribution in [2.45, 2.75) is 76.9 Å². The predicted molar refractivity (Wildman–Crippen MR) is 94.7 cm³/mol. The van der Waals surface area contributed by atoms with Gasteiger partial charge in [0.25, 0.3) is 0 Å². The fourth-order valence-corrected chi connectivity index (χ4v) is 2.60. The minimum Gasteiger partial charge on any atom is -0.393 e. The second-order valence-electron chi connectivity index (χ2n) is 6.14. The maximum absolute atomic E-state index is 9.96. The number of hydrogen-bond donors (Lipinski definition) is 2. The molecular formula is C20H32O2. The Labute approximate surface area is 135 Å². The maximum atomic E-state index is 9.96. The van der Waals surface area contributed by atoms with Crippen LogP contribution in [0.25, 0.3) is 6.08 Å². The second kappa shape index (κ2) is 12.4. The second-order valence-corrected chi connectivity index (χ2v) is 6.14. The normalized spacial score (nSPS) is 14.3. The number of rotatable bonds is 12. The summed E-state index contributed by atoms with van der Waals surface area (Å²) in [5.41, 5.74) is 1.07. The first-order valence-corrected chi connectivity index (χ1v) is 8.81. The van der Waals surface area contributed by atoms with Crippen LogP contribution in [0, 0.1) is 0 Å². The van der Waals surface area contributed by atoms with Crippen LogP contribution in [-0.4, -0.2) is 22.4 Å². The molecule has 0 bridgehead atoms. The first kappa shape index (κ1) is 18.9. The molecule has 0 aliphatic heterocycles. The van der Waals surface area contributed by atoms with E-state index in [4.69, 9.17) is 0 Å². The first-order valence-electron chi connectivity index (χ1n) is 8.81. The van der Waals surface area contributed by atoms with Crippen LogP contribution >= 0.6 is 0 Å². The van der Waals surface area contributed by atoms with Gasteiger partial charge in [0.1, 0.15) is 0 Å². The molecule has 0 spiro atoms. The van der Waals surface area contributed by atoms with Crippen molar-refractivity contribution in [3.8, 4) is 0 Å². The minimum absolute atomic E-state index is 0.397. The van der Waals surface area contributed by atoms with Crippen molar-refractivity contribution in [2.24, 2.45) is 0 Å². The Bertz CT molecular complexity index is 386. The molecule has 0 amide bonds. The number of aliphatic hydroxyl groups is 2. The monoisotopic (exact) mass is 304 g/mol. The Morgan fingerprint density at radius 2 is 1.55 bits per heavy atom. The van der Waals surface area contributed by atoms with Gasteiger partial charge >= 0.3 is 0 Å². The number of aliphatic hydroxyl groups excluding tert-OH is 2. The largest absolute Gasteiger partial charge is 0.393 e. The van der Waals surface area contributed by atoms with Gasteiger partial charge in [-0.2, -0.15) is 0 Å². The highest BCUT2D eigenvalue weighted by Crippen LogP contribution is 2.13. The molecule has 0 saturated carbocycles. The third-order valence-corrected chi connectivity index (χ3v) is 3.96. The quantitative estimate of drug-likeness (QED) is 0.536. The molecule has 22 heavy (non-hydrogen) atoms. The van der Waals surface area contributed by atoms with Gasteiger partial charge in [-0.05, 0) is 12.0 Å². The van der Waals surface area contributed by atoms with Crippen molar-refractivity contribution in [2.75, 3.05) is 0 Å². The van der Waals surface area contributed by atoms with Crippen LogP contribution in [0.5, 0.6) is 0 Å². The molecule has 0 aliphatic carbocycles. The zero-order valence-corrected chi connectivity index (χ0v) is 14.0. The van der Waals surface area contributed by atoms with E-state index in [1.807, 2.05) is 36.4 Å². The van der Waals surface area contributed by atoms with Gasteiger partial charge in [-0.15, -0.1) is 0 Å². The van der Waals surface area contributed by atoms with Crippen molar-refractivity contribution >= 4 is 6.08 Å². The molecule has 2 nitrogen and oxygen atoms in total. The topological polar surface area (TPSA) is 40.5 Å². The number of hydrogen-bond acceptors (Lipinski definition) is 2. The highest BCUT2D eigenvalue weighted by molar-refractivity contribution is 5.49. The van der Waals surface area contributed by atoms with Crippen LogP contribution in [-0.2, 0) is 0 Å². The van der Waals surface area contributed by atoms with Crippen molar-refractivity contribution in [1.29, 1.82) is 0 Å². The molecule has 1 aromatic carbocycles. The van der Waals surface area contributed by atoms with E-state index >= 15 is 0 Å². The van der Waals surface area contributed by atoms with Gasteiger partial charge in [-0.1, -0.05) is 94.4 Å². The zero-order valence-electron chi connectivity index (χ0n) is 14.0. The van der Waals surface area contributed by atoms with Gasteiger partial charge < -0.3 is 10.2 Å². The summed E-state index contributed by atoms with van der Waals surface area (Å²) in [5, 5.41) is 19.9. The molecule has 0 saturated heterocycles. The lowest BCUT2D eigenvalue weighted by Crippen LogP contribution is -2.15. The van der Waals surface area contributed by atoms with Gasteiger partial charge in [0, 0.05) is 6.42 Å². The van der Waals surface area contributed by atoms with E-state index in [9.17, 15) is 10.2 Å². The minimum atomic E-state index is -0.570. The molecule has 0 aliphatic rings. The Hall–Kier alpha value is -1.12. The molecule has 1 rings (SSSR count). The van der Waals surface area contributed by atoms with E-state index in [2.05, 4.69) is 6.92 Å². The average molecular weight is 304 g/mol. The fraction of sp³-hybridized carbons (Fsp3) is 0.600. The maximum Gasteiger partial charge on any atom is 0.0748 e. The smallest absolute Gasteiger partial charge is 0.0748 e. The van der Waals surface area contributed by atoms with Gasteiger partial charge in [0.05, 0.1) is 12.2 Å². The summed E-state index contributed by atoms with van der Waals surface area (Å²) in [7, 11) is 0. The van der Waals surface area contributed by atoms with Crippen molar-refractivity contribution in [3.63, 3.8) is 0 Å². The SMILES string of the molecule is CCCCCCCCC[C@@H](O)CC(O)/C=C/c1ccccc1. The molecule has 0 aromatic heterocycles. The lowest BCUT2D eigenvalue weighted by Gasteiger charge is -2.13. The van der Waals surface area contributed by atoms with Crippen LogP contribution in [0.1, 0.15) is 70.3 Å². The zero-order chi connectivity index (χ0) is 16.0. The molecule has 1 unspecified atom stereocenters. The van der Waals surface area contributed by atoms with E-state index in [1.165, 1.54) is 38.5 Å². The van der Waals surface area contributed by atoms with Crippen LogP contribution in [0.3, 0.4) is 0 Å².